The predicted molar refractivity (Wildman–Crippen MR) is 88.4 cm³/mol. The van der Waals surface area contributed by atoms with Crippen molar-refractivity contribution in [2.45, 2.75) is 18.9 Å². The molecular weight excluding hydrogens is 328 g/mol. The van der Waals surface area contributed by atoms with Crippen molar-refractivity contribution in [3.63, 3.8) is 0 Å². The van der Waals surface area contributed by atoms with Crippen LogP contribution < -0.4 is 4.74 Å². The van der Waals surface area contributed by atoms with Crippen LogP contribution in [0.4, 0.5) is 8.78 Å². The van der Waals surface area contributed by atoms with Gasteiger partial charge in [-0.1, -0.05) is 6.07 Å². The molecule has 3 rings (SSSR count). The Morgan fingerprint density at radius 1 is 1.12 bits per heavy atom. The number of carbonyl (C=O) groups excluding carboxylic acids is 1. The smallest absolute Gasteiger partial charge is 0.253 e. The van der Waals surface area contributed by atoms with E-state index < -0.39 is 17.7 Å². The van der Waals surface area contributed by atoms with Gasteiger partial charge in [0.05, 0.1) is 0 Å². The molecule has 1 N–H and O–H groups in total. The topological polar surface area (TPSA) is 49.8 Å². The van der Waals surface area contributed by atoms with E-state index in [1.165, 1.54) is 6.07 Å². The lowest BCUT2D eigenvalue weighted by molar-refractivity contribution is 0.0792. The molecule has 1 saturated heterocycles. The molecule has 6 heteroatoms. The van der Waals surface area contributed by atoms with Crippen molar-refractivity contribution in [3.8, 4) is 5.75 Å². The molecule has 0 radical (unpaired) electrons. The summed E-state index contributed by atoms with van der Waals surface area (Å²) in [6.45, 7) is 1.39. The van der Waals surface area contributed by atoms with Crippen molar-refractivity contribution < 1.29 is 23.4 Å². The molecule has 0 aliphatic carbocycles. The standard InChI is InChI=1S/C19H19F2NO3/c20-14-5-8-16(17(21)11-14)18(23)12-25-15-6-3-13(4-7-15)19(24)22-9-1-2-10-22/h3-8,11,18,23H,1-2,9-10,12H2. The third kappa shape index (κ3) is 4.14. The number of benzene rings is 2. The number of halogens is 2. The van der Waals surface area contributed by atoms with E-state index >= 15 is 0 Å². The number of ether oxygens (including phenoxy) is 1. The summed E-state index contributed by atoms with van der Waals surface area (Å²) in [5.74, 6) is -1.06. The number of amides is 1. The minimum absolute atomic E-state index is 0.00234. The quantitative estimate of drug-likeness (QED) is 0.903. The van der Waals surface area contributed by atoms with Gasteiger partial charge in [-0.25, -0.2) is 8.78 Å². The molecule has 1 heterocycles. The molecule has 1 amide bonds. The van der Waals surface area contributed by atoms with Gasteiger partial charge in [-0.05, 0) is 43.2 Å². The Bertz CT molecular complexity index is 743. The zero-order chi connectivity index (χ0) is 17.8. The number of carbonyl (C=O) groups is 1. The Labute approximate surface area is 144 Å². The normalized spacial score (nSPS) is 15.2. The highest BCUT2D eigenvalue weighted by Crippen LogP contribution is 2.21. The van der Waals surface area contributed by atoms with Gasteiger partial charge in [0.15, 0.2) is 0 Å². The number of hydrogen-bond acceptors (Lipinski definition) is 3. The summed E-state index contributed by atoms with van der Waals surface area (Å²) in [5.41, 5.74) is 0.557. The molecule has 0 aromatic heterocycles. The SMILES string of the molecule is O=C(c1ccc(OCC(O)c2ccc(F)cc2F)cc1)N1CCCC1. The third-order valence-corrected chi connectivity index (χ3v) is 4.22. The maximum atomic E-state index is 13.6. The lowest BCUT2D eigenvalue weighted by Crippen LogP contribution is -2.27. The first-order chi connectivity index (χ1) is 12.0. The van der Waals surface area contributed by atoms with Crippen molar-refractivity contribution in [3.05, 3.63) is 65.2 Å². The van der Waals surface area contributed by atoms with Crippen molar-refractivity contribution in [1.82, 2.24) is 4.90 Å². The minimum Gasteiger partial charge on any atom is -0.491 e. The molecule has 132 valence electrons. The molecule has 0 saturated carbocycles. The van der Waals surface area contributed by atoms with Crippen molar-refractivity contribution in [2.24, 2.45) is 0 Å². The van der Waals surface area contributed by atoms with E-state index in [-0.39, 0.29) is 18.1 Å². The molecular formula is C19H19F2NO3. The van der Waals surface area contributed by atoms with Gasteiger partial charge in [-0.2, -0.15) is 0 Å². The molecule has 25 heavy (non-hydrogen) atoms. The molecule has 4 nitrogen and oxygen atoms in total. The van der Waals surface area contributed by atoms with Gasteiger partial charge in [0.25, 0.3) is 5.91 Å². The van der Waals surface area contributed by atoms with Crippen LogP contribution in [0.1, 0.15) is 34.9 Å². The predicted octanol–water partition coefficient (Wildman–Crippen LogP) is 3.31. The summed E-state index contributed by atoms with van der Waals surface area (Å²) in [5, 5.41) is 9.99. The second-order valence-corrected chi connectivity index (χ2v) is 6.02. The summed E-state index contributed by atoms with van der Waals surface area (Å²) in [4.78, 5) is 14.1. The highest BCUT2D eigenvalue weighted by Gasteiger charge is 2.19. The Morgan fingerprint density at radius 2 is 1.80 bits per heavy atom. The second kappa shape index (κ2) is 7.61. The molecule has 1 aliphatic heterocycles. The number of hydrogen-bond donors (Lipinski definition) is 1. The second-order valence-electron chi connectivity index (χ2n) is 6.02. The first-order valence-corrected chi connectivity index (χ1v) is 8.20. The maximum absolute atomic E-state index is 13.6. The number of aliphatic hydroxyl groups excluding tert-OH is 1. The number of rotatable bonds is 5. The summed E-state index contributed by atoms with van der Waals surface area (Å²) in [7, 11) is 0. The molecule has 1 atom stereocenters. The van der Waals surface area contributed by atoms with E-state index in [1.54, 1.807) is 24.3 Å². The Balaban J connectivity index is 1.58. The van der Waals surface area contributed by atoms with Gasteiger partial charge in [-0.3, -0.25) is 4.79 Å². The molecule has 0 spiro atoms. The highest BCUT2D eigenvalue weighted by atomic mass is 19.1. The first-order valence-electron chi connectivity index (χ1n) is 8.20. The molecule has 1 fully saturated rings. The fourth-order valence-corrected chi connectivity index (χ4v) is 2.83. The molecule has 2 aromatic carbocycles. The maximum Gasteiger partial charge on any atom is 0.253 e. The van der Waals surface area contributed by atoms with E-state index in [9.17, 15) is 18.7 Å². The summed E-state index contributed by atoms with van der Waals surface area (Å²) in [6.07, 6.45) is 0.849. The zero-order valence-electron chi connectivity index (χ0n) is 13.6. The average Bonchev–Trinajstić information content (AvgIpc) is 3.14. The summed E-state index contributed by atoms with van der Waals surface area (Å²) >= 11 is 0. The fraction of sp³-hybridized carbons (Fsp3) is 0.316. The van der Waals surface area contributed by atoms with E-state index in [1.807, 2.05) is 4.90 Å². The third-order valence-electron chi connectivity index (χ3n) is 4.22. The van der Waals surface area contributed by atoms with Crippen molar-refractivity contribution in [1.29, 1.82) is 0 Å². The van der Waals surface area contributed by atoms with Crippen molar-refractivity contribution in [2.75, 3.05) is 19.7 Å². The van der Waals surface area contributed by atoms with Gasteiger partial charge in [0.2, 0.25) is 0 Å². The number of aliphatic hydroxyl groups is 1. The zero-order valence-corrected chi connectivity index (χ0v) is 13.6. The lowest BCUT2D eigenvalue weighted by Gasteiger charge is -2.16. The molecule has 2 aromatic rings. The summed E-state index contributed by atoms with van der Waals surface area (Å²) in [6, 6.07) is 9.60. The van der Waals surface area contributed by atoms with Crippen LogP contribution in [0.15, 0.2) is 42.5 Å². The minimum atomic E-state index is -1.22. The Kier molecular flexibility index (Phi) is 5.28. The summed E-state index contributed by atoms with van der Waals surface area (Å²) < 4.78 is 31.9. The fourth-order valence-electron chi connectivity index (χ4n) is 2.83. The highest BCUT2D eigenvalue weighted by molar-refractivity contribution is 5.94. The average molecular weight is 347 g/mol. The van der Waals surface area contributed by atoms with Crippen LogP contribution >= 0.6 is 0 Å². The van der Waals surface area contributed by atoms with Gasteiger partial charge in [0.1, 0.15) is 30.1 Å². The van der Waals surface area contributed by atoms with Crippen LogP contribution in [0, 0.1) is 11.6 Å². The van der Waals surface area contributed by atoms with Crippen LogP contribution in [0.3, 0.4) is 0 Å². The van der Waals surface area contributed by atoms with Crippen LogP contribution in [0.5, 0.6) is 5.75 Å². The molecule has 1 aliphatic rings. The molecule has 1 unspecified atom stereocenters. The first kappa shape index (κ1) is 17.4. The lowest BCUT2D eigenvalue weighted by atomic mass is 10.1. The largest absolute Gasteiger partial charge is 0.491 e. The Hall–Kier alpha value is -2.47. The Morgan fingerprint density at radius 3 is 2.44 bits per heavy atom. The van der Waals surface area contributed by atoms with E-state index in [0.29, 0.717) is 11.3 Å². The van der Waals surface area contributed by atoms with Gasteiger partial charge in [0, 0.05) is 30.3 Å². The molecule has 0 bridgehead atoms. The van der Waals surface area contributed by atoms with Crippen LogP contribution in [-0.2, 0) is 0 Å². The van der Waals surface area contributed by atoms with Crippen LogP contribution in [-0.4, -0.2) is 35.6 Å². The van der Waals surface area contributed by atoms with Crippen molar-refractivity contribution >= 4 is 5.91 Å². The number of nitrogens with zero attached hydrogens (tertiary/aromatic N) is 1. The van der Waals surface area contributed by atoms with Crippen LogP contribution in [0.25, 0.3) is 0 Å². The number of likely N-dealkylation sites (tertiary alicyclic amines) is 1. The van der Waals surface area contributed by atoms with E-state index in [4.69, 9.17) is 4.74 Å². The van der Waals surface area contributed by atoms with Gasteiger partial charge in [-0.15, -0.1) is 0 Å². The van der Waals surface area contributed by atoms with Gasteiger partial charge < -0.3 is 14.7 Å². The van der Waals surface area contributed by atoms with Crippen LogP contribution in [0.2, 0.25) is 0 Å². The van der Waals surface area contributed by atoms with E-state index in [0.717, 1.165) is 38.1 Å². The van der Waals surface area contributed by atoms with Gasteiger partial charge >= 0.3 is 0 Å². The monoisotopic (exact) mass is 347 g/mol. The van der Waals surface area contributed by atoms with E-state index in [2.05, 4.69) is 0 Å².